The van der Waals surface area contributed by atoms with E-state index in [0.29, 0.717) is 44.4 Å². The standard InChI is InChI=1S/C16H21N3O4S2/c1-22-9-6-17-16-18-15(12-24-16)13-2-4-14(5-3-13)25(20,21)19-7-10-23-11-8-19/h2-5,12H,6-11H2,1H3,(H,17,18). The van der Waals surface area contributed by atoms with Gasteiger partial charge in [-0.25, -0.2) is 13.4 Å². The normalized spacial score (nSPS) is 16.0. The minimum Gasteiger partial charge on any atom is -0.383 e. The number of morpholine rings is 1. The van der Waals surface area contributed by atoms with Gasteiger partial charge in [0.25, 0.3) is 0 Å². The number of hydrogen-bond donors (Lipinski definition) is 1. The predicted molar refractivity (Wildman–Crippen MR) is 97.5 cm³/mol. The van der Waals surface area contributed by atoms with Crippen LogP contribution in [0.15, 0.2) is 34.5 Å². The van der Waals surface area contributed by atoms with Gasteiger partial charge in [-0.2, -0.15) is 4.31 Å². The van der Waals surface area contributed by atoms with Crippen molar-refractivity contribution < 1.29 is 17.9 Å². The van der Waals surface area contributed by atoms with Gasteiger partial charge >= 0.3 is 0 Å². The van der Waals surface area contributed by atoms with Gasteiger partial charge in [0.2, 0.25) is 10.0 Å². The van der Waals surface area contributed by atoms with Gasteiger partial charge in [-0.3, -0.25) is 0 Å². The molecule has 1 aromatic heterocycles. The number of sulfonamides is 1. The number of rotatable bonds is 7. The molecule has 9 heteroatoms. The van der Waals surface area contributed by atoms with Crippen molar-refractivity contribution in [2.45, 2.75) is 4.90 Å². The van der Waals surface area contributed by atoms with Crippen LogP contribution in [-0.4, -0.2) is 64.3 Å². The van der Waals surface area contributed by atoms with Crippen LogP contribution >= 0.6 is 11.3 Å². The average molecular weight is 383 g/mol. The summed E-state index contributed by atoms with van der Waals surface area (Å²) in [6, 6.07) is 6.86. The van der Waals surface area contributed by atoms with E-state index in [-0.39, 0.29) is 0 Å². The summed E-state index contributed by atoms with van der Waals surface area (Å²) >= 11 is 1.51. The molecule has 7 nitrogen and oxygen atoms in total. The van der Waals surface area contributed by atoms with E-state index in [1.54, 1.807) is 31.4 Å². The van der Waals surface area contributed by atoms with Gasteiger partial charge in [-0.15, -0.1) is 11.3 Å². The molecule has 1 N–H and O–H groups in total. The summed E-state index contributed by atoms with van der Waals surface area (Å²) in [6.07, 6.45) is 0. The topological polar surface area (TPSA) is 80.8 Å². The van der Waals surface area contributed by atoms with Gasteiger partial charge in [0.05, 0.1) is 30.4 Å². The lowest BCUT2D eigenvalue weighted by molar-refractivity contribution is 0.0730. The number of benzene rings is 1. The lowest BCUT2D eigenvalue weighted by Gasteiger charge is -2.26. The molecule has 3 rings (SSSR count). The molecule has 1 fully saturated rings. The first kappa shape index (κ1) is 18.3. The maximum atomic E-state index is 12.6. The van der Waals surface area contributed by atoms with Crippen molar-refractivity contribution in [3.63, 3.8) is 0 Å². The fourth-order valence-electron chi connectivity index (χ4n) is 2.48. The molecule has 2 heterocycles. The summed E-state index contributed by atoms with van der Waals surface area (Å²) in [5, 5.41) is 5.94. The molecule has 1 aliphatic heterocycles. The van der Waals surface area contributed by atoms with Crippen molar-refractivity contribution >= 4 is 26.5 Å². The molecule has 136 valence electrons. The summed E-state index contributed by atoms with van der Waals surface area (Å²) in [7, 11) is -1.81. The minimum absolute atomic E-state index is 0.298. The Bertz CT molecular complexity index is 784. The Morgan fingerprint density at radius 2 is 2.00 bits per heavy atom. The van der Waals surface area contributed by atoms with Crippen LogP contribution in [0.25, 0.3) is 11.3 Å². The Kier molecular flexibility index (Phi) is 6.02. The third-order valence-electron chi connectivity index (χ3n) is 3.84. The highest BCUT2D eigenvalue weighted by molar-refractivity contribution is 7.89. The summed E-state index contributed by atoms with van der Waals surface area (Å²) in [5.41, 5.74) is 1.71. The van der Waals surface area contributed by atoms with E-state index < -0.39 is 10.0 Å². The van der Waals surface area contributed by atoms with Crippen molar-refractivity contribution in [2.24, 2.45) is 0 Å². The highest BCUT2D eigenvalue weighted by Crippen LogP contribution is 2.26. The molecule has 1 aliphatic rings. The van der Waals surface area contributed by atoms with E-state index in [2.05, 4.69) is 10.3 Å². The SMILES string of the molecule is COCCNc1nc(-c2ccc(S(=O)(=O)N3CCOCC3)cc2)cs1. The highest BCUT2D eigenvalue weighted by atomic mass is 32.2. The zero-order chi connectivity index (χ0) is 17.7. The third kappa shape index (κ3) is 4.36. The smallest absolute Gasteiger partial charge is 0.243 e. The first-order chi connectivity index (χ1) is 12.1. The van der Waals surface area contributed by atoms with Gasteiger partial charge in [0.1, 0.15) is 0 Å². The fourth-order valence-corrected chi connectivity index (χ4v) is 4.64. The molecule has 0 saturated carbocycles. The van der Waals surface area contributed by atoms with E-state index >= 15 is 0 Å². The molecule has 0 unspecified atom stereocenters. The van der Waals surface area contributed by atoms with Crippen LogP contribution in [0.2, 0.25) is 0 Å². The number of ether oxygens (including phenoxy) is 2. The van der Waals surface area contributed by atoms with Gasteiger partial charge < -0.3 is 14.8 Å². The molecule has 0 bridgehead atoms. The van der Waals surface area contributed by atoms with Crippen LogP contribution < -0.4 is 5.32 Å². The first-order valence-electron chi connectivity index (χ1n) is 7.98. The number of thiazole rings is 1. The Labute approximate surface area is 151 Å². The van der Waals surface area contributed by atoms with E-state index in [1.165, 1.54) is 15.6 Å². The van der Waals surface area contributed by atoms with Crippen molar-refractivity contribution in [3.05, 3.63) is 29.6 Å². The van der Waals surface area contributed by atoms with Gasteiger partial charge in [0, 0.05) is 37.7 Å². The zero-order valence-corrected chi connectivity index (χ0v) is 15.6. The van der Waals surface area contributed by atoms with Crippen molar-refractivity contribution in [1.82, 2.24) is 9.29 Å². The van der Waals surface area contributed by atoms with E-state index in [1.807, 2.05) is 5.38 Å². The maximum Gasteiger partial charge on any atom is 0.243 e. The highest BCUT2D eigenvalue weighted by Gasteiger charge is 2.26. The molecule has 0 amide bonds. The molecular formula is C16H21N3O4S2. The second kappa shape index (κ2) is 8.24. The molecule has 25 heavy (non-hydrogen) atoms. The Balaban J connectivity index is 1.71. The number of anilines is 1. The van der Waals surface area contributed by atoms with Gasteiger partial charge in [-0.1, -0.05) is 12.1 Å². The molecule has 0 spiro atoms. The molecular weight excluding hydrogens is 362 g/mol. The molecule has 1 aromatic carbocycles. The molecule has 0 aliphatic carbocycles. The van der Waals surface area contributed by atoms with Crippen LogP contribution in [0.1, 0.15) is 0 Å². The monoisotopic (exact) mass is 383 g/mol. The second-order valence-electron chi connectivity index (χ2n) is 5.50. The largest absolute Gasteiger partial charge is 0.383 e. The van der Waals surface area contributed by atoms with E-state index in [9.17, 15) is 8.42 Å². The lowest BCUT2D eigenvalue weighted by Crippen LogP contribution is -2.40. The Morgan fingerprint density at radius 1 is 1.28 bits per heavy atom. The van der Waals surface area contributed by atoms with Crippen molar-refractivity contribution in [2.75, 3.05) is 51.9 Å². The average Bonchev–Trinajstić information content (AvgIpc) is 3.12. The quantitative estimate of drug-likeness (QED) is 0.736. The van der Waals surface area contributed by atoms with Crippen LogP contribution in [0.4, 0.5) is 5.13 Å². The van der Waals surface area contributed by atoms with Gasteiger partial charge in [0.15, 0.2) is 5.13 Å². The molecule has 0 radical (unpaired) electrons. The molecule has 2 aromatic rings. The zero-order valence-electron chi connectivity index (χ0n) is 14.0. The number of nitrogens with one attached hydrogen (secondary N) is 1. The Morgan fingerprint density at radius 3 is 2.68 bits per heavy atom. The van der Waals surface area contributed by atoms with Crippen LogP contribution in [0.3, 0.4) is 0 Å². The van der Waals surface area contributed by atoms with Crippen LogP contribution in [-0.2, 0) is 19.5 Å². The predicted octanol–water partition coefficient (Wildman–Crippen LogP) is 1.89. The summed E-state index contributed by atoms with van der Waals surface area (Å²) < 4.78 is 36.9. The molecule has 0 atom stereocenters. The van der Waals surface area contributed by atoms with Crippen LogP contribution in [0.5, 0.6) is 0 Å². The summed E-state index contributed by atoms with van der Waals surface area (Å²) in [5.74, 6) is 0. The number of aromatic nitrogens is 1. The lowest BCUT2D eigenvalue weighted by atomic mass is 10.2. The van der Waals surface area contributed by atoms with Crippen molar-refractivity contribution in [1.29, 1.82) is 0 Å². The second-order valence-corrected chi connectivity index (χ2v) is 8.29. The minimum atomic E-state index is -3.46. The number of hydrogen-bond acceptors (Lipinski definition) is 7. The van der Waals surface area contributed by atoms with Gasteiger partial charge in [-0.05, 0) is 12.1 Å². The van der Waals surface area contributed by atoms with Crippen molar-refractivity contribution in [3.8, 4) is 11.3 Å². The van der Waals surface area contributed by atoms with E-state index in [0.717, 1.165) is 16.4 Å². The molecule has 1 saturated heterocycles. The maximum absolute atomic E-state index is 12.6. The summed E-state index contributed by atoms with van der Waals surface area (Å²) in [4.78, 5) is 4.81. The summed E-state index contributed by atoms with van der Waals surface area (Å²) in [6.45, 7) is 2.98. The number of methoxy groups -OCH3 is 1. The Hall–Kier alpha value is -1.52. The fraction of sp³-hybridized carbons (Fsp3) is 0.438. The van der Waals surface area contributed by atoms with E-state index in [4.69, 9.17) is 9.47 Å². The number of nitrogens with zero attached hydrogens (tertiary/aromatic N) is 2. The van der Waals surface area contributed by atoms with Crippen LogP contribution in [0, 0.1) is 0 Å². The first-order valence-corrected chi connectivity index (χ1v) is 10.3. The third-order valence-corrected chi connectivity index (χ3v) is 6.56.